The summed E-state index contributed by atoms with van der Waals surface area (Å²) in [5.74, 6) is 1.53. The molecule has 0 saturated carbocycles. The Kier molecular flexibility index (Phi) is 6.71. The fraction of sp³-hybridized carbons (Fsp3) is 0.500. The summed E-state index contributed by atoms with van der Waals surface area (Å²) in [7, 11) is 0.893. The molecule has 3 nitrogen and oxygen atoms in total. The smallest absolute Gasteiger partial charge is 0.147 e. The second kappa shape index (κ2) is 7.80. The summed E-state index contributed by atoms with van der Waals surface area (Å²) in [4.78, 5) is 15.5. The molecule has 1 aromatic rings. The highest BCUT2D eigenvalue weighted by Gasteiger charge is 2.07. The molecule has 0 aliphatic heterocycles. The highest BCUT2D eigenvalue weighted by molar-refractivity contribution is 7.98. The van der Waals surface area contributed by atoms with Crippen molar-refractivity contribution in [3.8, 4) is 0 Å². The minimum Gasteiger partial charge on any atom is -0.321 e. The molecular weight excluding hydrogens is 251 g/mol. The predicted octanol–water partition coefficient (Wildman–Crippen LogP) is 2.04. The molecule has 5 heteroatoms. The summed E-state index contributed by atoms with van der Waals surface area (Å²) in [5, 5.41) is 0. The van der Waals surface area contributed by atoms with E-state index in [1.54, 1.807) is 11.8 Å². The lowest BCUT2D eigenvalue weighted by Gasteiger charge is -2.07. The Morgan fingerprint density at radius 1 is 1.53 bits per heavy atom. The maximum Gasteiger partial charge on any atom is 0.147 e. The van der Waals surface area contributed by atoms with Gasteiger partial charge in [0.05, 0.1) is 11.7 Å². The Morgan fingerprint density at radius 3 is 2.88 bits per heavy atom. The van der Waals surface area contributed by atoms with Crippen LogP contribution >= 0.6 is 20.3 Å². The number of carbonyl (C=O) groups excluding carboxylic acids is 1. The van der Waals surface area contributed by atoms with Gasteiger partial charge in [-0.2, -0.15) is 11.8 Å². The third-order valence-corrected chi connectivity index (χ3v) is 4.10. The van der Waals surface area contributed by atoms with E-state index in [-0.39, 0.29) is 11.8 Å². The number of hydrogen-bond donors (Lipinski definition) is 1. The molecule has 2 unspecified atom stereocenters. The van der Waals surface area contributed by atoms with Crippen molar-refractivity contribution in [3.05, 3.63) is 29.6 Å². The lowest BCUT2D eigenvalue weighted by Crippen LogP contribution is -2.30. The minimum atomic E-state index is -0.347. The van der Waals surface area contributed by atoms with Gasteiger partial charge in [0.15, 0.2) is 0 Å². The largest absolute Gasteiger partial charge is 0.321 e. The first kappa shape index (κ1) is 14.6. The highest BCUT2D eigenvalue weighted by atomic mass is 32.2. The second-order valence-electron chi connectivity index (χ2n) is 3.88. The van der Waals surface area contributed by atoms with Crippen molar-refractivity contribution in [2.75, 3.05) is 12.4 Å². The van der Waals surface area contributed by atoms with Crippen molar-refractivity contribution in [1.82, 2.24) is 4.98 Å². The zero-order chi connectivity index (χ0) is 12.7. The predicted molar refractivity (Wildman–Crippen MR) is 77.0 cm³/mol. The fourth-order valence-electron chi connectivity index (χ4n) is 1.30. The average molecular weight is 270 g/mol. The first-order valence-electron chi connectivity index (χ1n) is 5.56. The first-order chi connectivity index (χ1) is 8.13. The maximum absolute atomic E-state index is 11.0. The molecule has 1 heterocycles. The van der Waals surface area contributed by atoms with Crippen LogP contribution < -0.4 is 5.73 Å². The molecule has 2 atom stereocenters. The Bertz CT molecular complexity index is 373. The first-order valence-corrected chi connectivity index (χ1v) is 8.43. The monoisotopic (exact) mass is 270 g/mol. The summed E-state index contributed by atoms with van der Waals surface area (Å²) >= 11 is 1.66. The molecule has 94 valence electrons. The van der Waals surface area contributed by atoms with Crippen LogP contribution in [0, 0.1) is 0 Å². The van der Waals surface area contributed by atoms with Crippen molar-refractivity contribution in [2.24, 2.45) is 5.73 Å². The Morgan fingerprint density at radius 2 is 2.24 bits per heavy atom. The summed E-state index contributed by atoms with van der Waals surface area (Å²) in [6.45, 7) is 3.71. The Labute approximate surface area is 109 Å². The van der Waals surface area contributed by atoms with E-state index < -0.39 is 0 Å². The summed E-state index contributed by atoms with van der Waals surface area (Å²) in [6.07, 6.45) is 1.05. The number of nitrogens with zero attached hydrogens (tertiary/aromatic N) is 1. The van der Waals surface area contributed by atoms with Gasteiger partial charge in [0.2, 0.25) is 0 Å². The van der Waals surface area contributed by atoms with Crippen molar-refractivity contribution in [3.63, 3.8) is 0 Å². The van der Waals surface area contributed by atoms with E-state index in [1.165, 1.54) is 6.92 Å². The standard InChI is InChI=1S/C12H19N2OPS/c1-9(15)12(13)8-17-7-11-5-3-4-10(14-11)6-16-2/h3-5,12,16H,6-8,13H2,1-2H3. The van der Waals surface area contributed by atoms with Crippen LogP contribution in [0.2, 0.25) is 0 Å². The molecule has 0 aliphatic carbocycles. The van der Waals surface area contributed by atoms with Crippen LogP contribution in [0.1, 0.15) is 18.3 Å². The van der Waals surface area contributed by atoms with Crippen molar-refractivity contribution in [1.29, 1.82) is 0 Å². The molecule has 0 amide bonds. The Hall–Kier alpha value is -0.440. The fourth-order valence-corrected chi connectivity index (χ4v) is 2.83. The van der Waals surface area contributed by atoms with Gasteiger partial charge in [0.1, 0.15) is 5.78 Å². The van der Waals surface area contributed by atoms with Gasteiger partial charge in [-0.25, -0.2) is 0 Å². The van der Waals surface area contributed by atoms with Crippen LogP contribution in [0.25, 0.3) is 0 Å². The summed E-state index contributed by atoms with van der Waals surface area (Å²) < 4.78 is 0. The van der Waals surface area contributed by atoms with E-state index in [1.807, 2.05) is 12.1 Å². The summed E-state index contributed by atoms with van der Waals surface area (Å²) in [5.41, 5.74) is 7.89. The molecule has 0 aliphatic rings. The van der Waals surface area contributed by atoms with Gasteiger partial charge in [-0.05, 0) is 25.7 Å². The van der Waals surface area contributed by atoms with Crippen molar-refractivity contribution < 1.29 is 4.79 Å². The zero-order valence-electron chi connectivity index (χ0n) is 10.3. The molecule has 2 N–H and O–H groups in total. The number of thioether (sulfide) groups is 1. The molecule has 1 rings (SSSR count). The van der Waals surface area contributed by atoms with Crippen LogP contribution in [0.4, 0.5) is 0 Å². The number of pyridine rings is 1. The number of rotatable bonds is 7. The number of carbonyl (C=O) groups is 1. The van der Waals surface area contributed by atoms with E-state index in [0.717, 1.165) is 31.9 Å². The lowest BCUT2D eigenvalue weighted by molar-refractivity contribution is -0.117. The lowest BCUT2D eigenvalue weighted by atomic mass is 10.3. The summed E-state index contributed by atoms with van der Waals surface area (Å²) in [6, 6.07) is 5.78. The molecule has 0 saturated heterocycles. The third-order valence-electron chi connectivity index (χ3n) is 2.29. The second-order valence-corrected chi connectivity index (χ2v) is 5.97. The van der Waals surface area contributed by atoms with E-state index in [9.17, 15) is 4.79 Å². The van der Waals surface area contributed by atoms with Gasteiger partial charge >= 0.3 is 0 Å². The van der Waals surface area contributed by atoms with E-state index >= 15 is 0 Å². The number of aromatic nitrogens is 1. The molecule has 0 fully saturated rings. The van der Waals surface area contributed by atoms with Crippen LogP contribution in [0.3, 0.4) is 0 Å². The SMILES string of the molecule is CPCc1cccc(CSCC(N)C(C)=O)n1. The van der Waals surface area contributed by atoms with E-state index in [0.29, 0.717) is 5.75 Å². The number of Topliss-reactive ketones (excluding diaryl/α,β-unsaturated/α-hetero) is 1. The molecule has 1 aromatic heterocycles. The molecular formula is C12H19N2OPS. The number of nitrogens with two attached hydrogens (primary N) is 1. The minimum absolute atomic E-state index is 0.0476. The van der Waals surface area contributed by atoms with Gasteiger partial charge in [-0.1, -0.05) is 6.07 Å². The molecule has 0 spiro atoms. The van der Waals surface area contributed by atoms with Gasteiger partial charge in [0.25, 0.3) is 0 Å². The average Bonchev–Trinajstić information content (AvgIpc) is 2.29. The van der Waals surface area contributed by atoms with E-state index in [2.05, 4.69) is 17.7 Å². The number of ketones is 1. The zero-order valence-corrected chi connectivity index (χ0v) is 12.1. The van der Waals surface area contributed by atoms with Gasteiger partial charge in [0, 0.05) is 23.4 Å². The van der Waals surface area contributed by atoms with Crippen molar-refractivity contribution >= 4 is 26.1 Å². The van der Waals surface area contributed by atoms with Crippen LogP contribution in [-0.4, -0.2) is 29.2 Å². The number of hydrogen-bond acceptors (Lipinski definition) is 4. The third kappa shape index (κ3) is 5.62. The topological polar surface area (TPSA) is 56.0 Å². The van der Waals surface area contributed by atoms with Crippen LogP contribution in [0.15, 0.2) is 18.2 Å². The van der Waals surface area contributed by atoms with Gasteiger partial charge in [-0.3, -0.25) is 9.78 Å². The maximum atomic E-state index is 11.0. The van der Waals surface area contributed by atoms with Gasteiger partial charge < -0.3 is 5.73 Å². The molecule has 0 bridgehead atoms. The van der Waals surface area contributed by atoms with Gasteiger partial charge in [-0.15, -0.1) is 8.58 Å². The molecule has 0 aromatic carbocycles. The van der Waals surface area contributed by atoms with E-state index in [4.69, 9.17) is 5.73 Å². The highest BCUT2D eigenvalue weighted by Crippen LogP contribution is 2.15. The molecule has 0 radical (unpaired) electrons. The normalized spacial score (nSPS) is 13.1. The van der Waals surface area contributed by atoms with Crippen LogP contribution in [0.5, 0.6) is 0 Å². The van der Waals surface area contributed by atoms with Crippen molar-refractivity contribution in [2.45, 2.75) is 24.9 Å². The van der Waals surface area contributed by atoms with Crippen LogP contribution in [-0.2, 0) is 16.7 Å². The Balaban J connectivity index is 2.41. The quantitative estimate of drug-likeness (QED) is 0.770. The molecule has 17 heavy (non-hydrogen) atoms.